The van der Waals surface area contributed by atoms with Crippen molar-refractivity contribution in [1.82, 2.24) is 4.98 Å². The van der Waals surface area contributed by atoms with Crippen molar-refractivity contribution in [3.05, 3.63) is 140 Å². The van der Waals surface area contributed by atoms with E-state index in [2.05, 4.69) is 72.8 Å². The monoisotopic (exact) mass is 497 g/mol. The smallest absolute Gasteiger partial charge is 0.0516 e. The number of rotatable bonds is 2. The van der Waals surface area contributed by atoms with Gasteiger partial charge in [-0.15, -0.1) is 29.3 Å². The molecule has 1 aromatic heterocycles. The Morgan fingerprint density at radius 1 is 0.594 bits per heavy atom. The van der Waals surface area contributed by atoms with Gasteiger partial charge in [-0.2, -0.15) is 60.2 Å². The van der Waals surface area contributed by atoms with Gasteiger partial charge in [-0.05, 0) is 11.5 Å². The molecule has 0 N–H and O–H groups in total. The number of hydrogen-bond acceptors (Lipinski definition) is 1. The molecule has 0 saturated carbocycles. The van der Waals surface area contributed by atoms with E-state index in [0.717, 1.165) is 11.2 Å². The summed E-state index contributed by atoms with van der Waals surface area (Å²) in [6, 6.07) is 47.3. The molecule has 1 nitrogen and oxygen atoms in total. The molecule has 0 saturated heterocycles. The van der Waals surface area contributed by atoms with Crippen molar-refractivity contribution in [1.29, 1.82) is 0 Å². The summed E-state index contributed by atoms with van der Waals surface area (Å²) in [5.74, 6) is 0. The molecule has 0 aliphatic rings. The molecule has 5 aromatic carbocycles. The van der Waals surface area contributed by atoms with Crippen LogP contribution in [0.5, 0.6) is 0 Å². The maximum atomic E-state index is 4.87. The first-order valence-corrected chi connectivity index (χ1v) is 10.1. The molecule has 0 radical (unpaired) electrons. The van der Waals surface area contributed by atoms with Crippen LogP contribution in [0.3, 0.4) is 0 Å². The average Bonchev–Trinajstić information content (AvgIpc) is 3.64. The maximum Gasteiger partial charge on any atom is 0.0516 e. The third-order valence-corrected chi connectivity index (χ3v) is 4.74. The molecule has 0 atom stereocenters. The van der Waals surface area contributed by atoms with Crippen LogP contribution in [0.2, 0.25) is 0 Å². The van der Waals surface area contributed by atoms with Crippen molar-refractivity contribution in [2.24, 2.45) is 0 Å². The molecule has 0 aliphatic heterocycles. The molecule has 32 heavy (non-hydrogen) atoms. The summed E-state index contributed by atoms with van der Waals surface area (Å²) in [5.41, 5.74) is 5.69. The van der Waals surface area contributed by atoms with Crippen LogP contribution in [0.15, 0.2) is 140 Å². The van der Waals surface area contributed by atoms with E-state index in [1.54, 1.807) is 0 Å². The zero-order chi connectivity index (χ0) is 20.4. The zero-order valence-electron chi connectivity index (χ0n) is 17.4. The number of pyridine rings is 1. The Labute approximate surface area is 211 Å². The minimum Gasteiger partial charge on any atom is -0.748 e. The maximum absolute atomic E-state index is 4.87. The topological polar surface area (TPSA) is 12.9 Å². The van der Waals surface area contributed by atoms with Gasteiger partial charge < -0.3 is 35.3 Å². The zero-order valence-corrected chi connectivity index (χ0v) is 19.6. The van der Waals surface area contributed by atoms with Gasteiger partial charge in [0.1, 0.15) is 0 Å². The Morgan fingerprint density at radius 2 is 1.12 bits per heavy atom. The molecule has 0 aliphatic carbocycles. The Balaban J connectivity index is 0.000000252. The van der Waals surface area contributed by atoms with E-state index >= 15 is 0 Å². The fourth-order valence-corrected chi connectivity index (χ4v) is 3.28. The third-order valence-electron chi connectivity index (χ3n) is 4.74. The average molecular weight is 497 g/mol. The van der Waals surface area contributed by atoms with Gasteiger partial charge in [0.05, 0.1) is 5.52 Å². The summed E-state index contributed by atoms with van der Waals surface area (Å²) in [5, 5.41) is 1.18. The predicted octanol–water partition coefficient (Wildman–Crippen LogP) is 7.81. The first-order valence-electron chi connectivity index (χ1n) is 10.1. The molecule has 0 unspecified atom stereocenters. The third kappa shape index (κ3) is 6.79. The number of aromatic nitrogens is 1. The predicted molar refractivity (Wildman–Crippen MR) is 128 cm³/mol. The number of fused-ring (bicyclic) bond motifs is 1. The molecule has 0 bridgehead atoms. The van der Waals surface area contributed by atoms with Crippen LogP contribution in [-0.2, 0) is 34.1 Å². The van der Waals surface area contributed by atoms with E-state index < -0.39 is 0 Å². The van der Waals surface area contributed by atoms with Gasteiger partial charge in [-0.3, -0.25) is 0 Å². The van der Waals surface area contributed by atoms with Crippen molar-refractivity contribution < 1.29 is 34.1 Å². The molecule has 0 amide bonds. The van der Waals surface area contributed by atoms with E-state index in [9.17, 15) is 0 Å². The molecule has 168 valence electrons. The van der Waals surface area contributed by atoms with E-state index in [4.69, 9.17) is 4.98 Å². The molecule has 0 spiro atoms. The Morgan fingerprint density at radius 3 is 1.66 bits per heavy atom. The van der Waals surface area contributed by atoms with E-state index in [-0.39, 0.29) is 34.1 Å². The second-order valence-corrected chi connectivity index (χ2v) is 6.85. The summed E-state index contributed by atoms with van der Waals surface area (Å²) in [6.07, 6.45) is 0. The van der Waals surface area contributed by atoms with Crippen LogP contribution in [0.25, 0.3) is 33.3 Å². The minimum absolute atomic E-state index is 0. The van der Waals surface area contributed by atoms with Gasteiger partial charge in [0.25, 0.3) is 0 Å². The van der Waals surface area contributed by atoms with Gasteiger partial charge in [-0.25, -0.2) is 12.1 Å². The summed E-state index contributed by atoms with van der Waals surface area (Å²) in [4.78, 5) is 4.87. The van der Waals surface area contributed by atoms with Crippen LogP contribution in [0.1, 0.15) is 0 Å². The second kappa shape index (κ2) is 13.5. The molecule has 6 rings (SSSR count). The van der Waals surface area contributed by atoms with Gasteiger partial charge in [0.15, 0.2) is 0 Å². The summed E-state index contributed by atoms with van der Waals surface area (Å²) in [7, 11) is 0. The fraction of sp³-hybridized carbons (Fsp3) is 0. The Kier molecular flexibility index (Phi) is 10.7. The first-order chi connectivity index (χ1) is 14.9. The Hall–Kier alpha value is -2.93. The molecule has 3 heteroatoms. The van der Waals surface area contributed by atoms with Crippen molar-refractivity contribution in [3.8, 4) is 22.4 Å². The van der Waals surface area contributed by atoms with Crippen LogP contribution in [0.4, 0.5) is 0 Å². The molecule has 0 fully saturated rings. The quantitative estimate of drug-likeness (QED) is 0.176. The van der Waals surface area contributed by atoms with Crippen molar-refractivity contribution in [3.63, 3.8) is 0 Å². The van der Waals surface area contributed by atoms with E-state index in [0.29, 0.717) is 0 Å². The number of para-hydroxylation sites is 1. The molecular formula is C29H23Fe2N-8. The van der Waals surface area contributed by atoms with Crippen molar-refractivity contribution >= 4 is 10.9 Å². The van der Waals surface area contributed by atoms with Crippen LogP contribution >= 0.6 is 0 Å². The number of nitrogens with zero attached hydrogens (tertiary/aromatic N) is 1. The van der Waals surface area contributed by atoms with E-state index in [1.807, 2.05) is 66.7 Å². The minimum atomic E-state index is 0. The summed E-state index contributed by atoms with van der Waals surface area (Å²) < 4.78 is 0. The van der Waals surface area contributed by atoms with Gasteiger partial charge in [0, 0.05) is 34.1 Å². The molecular weight excluding hydrogens is 474 g/mol. The number of benzene rings is 1. The summed E-state index contributed by atoms with van der Waals surface area (Å²) >= 11 is 0. The summed E-state index contributed by atoms with van der Waals surface area (Å²) in [6.45, 7) is 0. The fourth-order valence-electron chi connectivity index (χ4n) is 3.28. The van der Waals surface area contributed by atoms with Crippen molar-refractivity contribution in [2.45, 2.75) is 0 Å². The first kappa shape index (κ1) is 25.3. The SMILES string of the molecule is [Fe].[Fe].[cH-]1[cH-][cH-][cH-][cH-]1.c1cc[cH-]c1.c1ccc2nc(-[c-]3cccc3)c(-[c-]3cccc3)cc2c1. The van der Waals surface area contributed by atoms with Gasteiger partial charge >= 0.3 is 0 Å². The van der Waals surface area contributed by atoms with Gasteiger partial charge in [0.2, 0.25) is 0 Å². The van der Waals surface area contributed by atoms with Crippen LogP contribution in [0, 0.1) is 0 Å². The number of hydrogen-bond donors (Lipinski definition) is 0. The normalized spacial score (nSPS) is 9.38. The van der Waals surface area contributed by atoms with Crippen LogP contribution in [-0.4, -0.2) is 4.98 Å². The second-order valence-electron chi connectivity index (χ2n) is 6.85. The standard InChI is InChI=1S/C19H13N.2C5H5.2Fe/c1-2-8-14(7-1)17-13-16-11-5-6-12-18(16)20-19(17)15-9-3-4-10-15;2*1-2-4-5-3-1;;/h1-13H;2*1-5H;;/q-2;-5;-1;;. The largest absolute Gasteiger partial charge is 0.748 e. The molecule has 1 heterocycles. The Bertz CT molecular complexity index is 1080. The van der Waals surface area contributed by atoms with Crippen LogP contribution < -0.4 is 0 Å². The van der Waals surface area contributed by atoms with Crippen molar-refractivity contribution in [2.75, 3.05) is 0 Å². The molecule has 6 aromatic rings. The van der Waals surface area contributed by atoms with E-state index in [1.165, 1.54) is 22.1 Å². The van der Waals surface area contributed by atoms with Gasteiger partial charge in [-0.1, -0.05) is 23.9 Å².